The molecule has 0 saturated heterocycles. The van der Waals surface area contributed by atoms with Crippen molar-refractivity contribution in [3.63, 3.8) is 0 Å². The Morgan fingerprint density at radius 3 is 2.89 bits per heavy atom. The first-order valence-corrected chi connectivity index (χ1v) is 7.15. The molecule has 1 amide bonds. The molecule has 2 rings (SSSR count). The van der Waals surface area contributed by atoms with Crippen LogP contribution in [0, 0.1) is 5.92 Å². The summed E-state index contributed by atoms with van der Waals surface area (Å²) < 4.78 is 0. The highest BCUT2D eigenvalue weighted by molar-refractivity contribution is 5.95. The first kappa shape index (κ1) is 13.8. The second kappa shape index (κ2) is 6.55. The summed E-state index contributed by atoms with van der Waals surface area (Å²) in [4.78, 5) is 16.4. The summed E-state index contributed by atoms with van der Waals surface area (Å²) in [5, 5.41) is 6.14. The van der Waals surface area contributed by atoms with Crippen LogP contribution >= 0.6 is 0 Å². The minimum absolute atomic E-state index is 0.0117. The highest BCUT2D eigenvalue weighted by atomic mass is 16.1. The lowest BCUT2D eigenvalue weighted by Gasteiger charge is -2.22. The van der Waals surface area contributed by atoms with E-state index in [1.165, 1.54) is 25.7 Å². The molecule has 0 aromatic carbocycles. The number of pyridine rings is 1. The summed E-state index contributed by atoms with van der Waals surface area (Å²) in [5.74, 6) is 1.30. The Balaban J connectivity index is 2.02. The van der Waals surface area contributed by atoms with Gasteiger partial charge in [-0.3, -0.25) is 4.79 Å². The van der Waals surface area contributed by atoms with E-state index >= 15 is 0 Å². The summed E-state index contributed by atoms with van der Waals surface area (Å²) in [6.07, 6.45) is 7.76. The lowest BCUT2D eigenvalue weighted by atomic mass is 9.96. The fourth-order valence-corrected chi connectivity index (χ4v) is 2.67. The number of anilines is 1. The molecule has 2 unspecified atom stereocenters. The molecule has 2 atom stereocenters. The predicted octanol–water partition coefficient (Wildman–Crippen LogP) is 2.82. The number of nitrogens with one attached hydrogen (secondary N) is 2. The van der Waals surface area contributed by atoms with E-state index in [-0.39, 0.29) is 5.91 Å². The fraction of sp³-hybridized carbons (Fsp3) is 0.600. The van der Waals surface area contributed by atoms with Crippen LogP contribution in [0.1, 0.15) is 49.4 Å². The minimum Gasteiger partial charge on any atom is -0.373 e. The molecule has 2 N–H and O–H groups in total. The van der Waals surface area contributed by atoms with Crippen molar-refractivity contribution in [1.82, 2.24) is 10.3 Å². The number of hydrogen-bond donors (Lipinski definition) is 2. The van der Waals surface area contributed by atoms with Gasteiger partial charge in [0.25, 0.3) is 5.91 Å². The molecule has 19 heavy (non-hydrogen) atoms. The average molecular weight is 261 g/mol. The number of rotatable bonds is 3. The summed E-state index contributed by atoms with van der Waals surface area (Å²) >= 11 is 0. The SMILES string of the molecule is CNc1cc(C(=O)NC2CCCCCC2C)ccn1. The Morgan fingerprint density at radius 2 is 2.11 bits per heavy atom. The average Bonchev–Trinajstić information content (AvgIpc) is 2.64. The Morgan fingerprint density at radius 1 is 1.32 bits per heavy atom. The number of carbonyl (C=O) groups is 1. The second-order valence-electron chi connectivity index (χ2n) is 5.38. The Hall–Kier alpha value is -1.58. The predicted molar refractivity (Wildman–Crippen MR) is 77.3 cm³/mol. The molecule has 1 saturated carbocycles. The van der Waals surface area contributed by atoms with E-state index in [0.29, 0.717) is 17.5 Å². The molecule has 1 aliphatic carbocycles. The van der Waals surface area contributed by atoms with Crippen molar-refractivity contribution in [3.05, 3.63) is 23.9 Å². The third kappa shape index (κ3) is 3.69. The van der Waals surface area contributed by atoms with Gasteiger partial charge in [-0.25, -0.2) is 4.98 Å². The molecule has 0 radical (unpaired) electrons. The zero-order valence-corrected chi connectivity index (χ0v) is 11.8. The maximum Gasteiger partial charge on any atom is 0.251 e. The van der Waals surface area contributed by atoms with Crippen molar-refractivity contribution in [3.8, 4) is 0 Å². The van der Waals surface area contributed by atoms with Crippen molar-refractivity contribution in [2.24, 2.45) is 5.92 Å². The highest BCUT2D eigenvalue weighted by Crippen LogP contribution is 2.23. The normalized spacial score (nSPS) is 23.5. The summed E-state index contributed by atoms with van der Waals surface area (Å²) in [6.45, 7) is 2.24. The minimum atomic E-state index is 0.0117. The van der Waals surface area contributed by atoms with Gasteiger partial charge < -0.3 is 10.6 Å². The Labute approximate surface area is 115 Å². The van der Waals surface area contributed by atoms with Gasteiger partial charge in [0.2, 0.25) is 0 Å². The third-order valence-electron chi connectivity index (χ3n) is 3.96. The van der Waals surface area contributed by atoms with Crippen LogP contribution in [-0.2, 0) is 0 Å². The number of amides is 1. The van der Waals surface area contributed by atoms with Gasteiger partial charge in [0.05, 0.1) is 0 Å². The smallest absolute Gasteiger partial charge is 0.251 e. The molecule has 1 heterocycles. The maximum absolute atomic E-state index is 12.3. The van der Waals surface area contributed by atoms with E-state index in [9.17, 15) is 4.79 Å². The van der Waals surface area contributed by atoms with Crippen LogP contribution in [0.4, 0.5) is 5.82 Å². The Kier molecular flexibility index (Phi) is 4.77. The van der Waals surface area contributed by atoms with Crippen LogP contribution in [0.3, 0.4) is 0 Å². The number of nitrogens with zero attached hydrogens (tertiary/aromatic N) is 1. The van der Waals surface area contributed by atoms with Crippen LogP contribution in [-0.4, -0.2) is 24.0 Å². The Bertz CT molecular complexity index is 433. The van der Waals surface area contributed by atoms with Crippen LogP contribution in [0.15, 0.2) is 18.3 Å². The zero-order chi connectivity index (χ0) is 13.7. The molecule has 0 bridgehead atoms. The topological polar surface area (TPSA) is 54.0 Å². The lowest BCUT2D eigenvalue weighted by Crippen LogP contribution is -2.38. The van der Waals surface area contributed by atoms with Crippen molar-refractivity contribution < 1.29 is 4.79 Å². The number of aromatic nitrogens is 1. The van der Waals surface area contributed by atoms with E-state index < -0.39 is 0 Å². The monoisotopic (exact) mass is 261 g/mol. The fourth-order valence-electron chi connectivity index (χ4n) is 2.67. The molecule has 1 fully saturated rings. The lowest BCUT2D eigenvalue weighted by molar-refractivity contribution is 0.0921. The maximum atomic E-state index is 12.3. The van der Waals surface area contributed by atoms with E-state index in [0.717, 1.165) is 12.2 Å². The third-order valence-corrected chi connectivity index (χ3v) is 3.96. The number of hydrogen-bond acceptors (Lipinski definition) is 3. The molecule has 0 aliphatic heterocycles. The van der Waals surface area contributed by atoms with Crippen molar-refractivity contribution >= 4 is 11.7 Å². The van der Waals surface area contributed by atoms with Gasteiger partial charge in [0.15, 0.2) is 0 Å². The van der Waals surface area contributed by atoms with Crippen molar-refractivity contribution in [1.29, 1.82) is 0 Å². The molecule has 1 aromatic rings. The highest BCUT2D eigenvalue weighted by Gasteiger charge is 2.22. The molecule has 1 aromatic heterocycles. The number of carbonyl (C=O) groups excluding carboxylic acids is 1. The first-order valence-electron chi connectivity index (χ1n) is 7.15. The molecular formula is C15H23N3O. The summed E-state index contributed by atoms with van der Waals surface area (Å²) in [6, 6.07) is 3.86. The van der Waals surface area contributed by atoms with Gasteiger partial charge in [-0.2, -0.15) is 0 Å². The van der Waals surface area contributed by atoms with Gasteiger partial charge in [0.1, 0.15) is 5.82 Å². The molecule has 104 valence electrons. The summed E-state index contributed by atoms with van der Waals surface area (Å²) in [7, 11) is 1.80. The van der Waals surface area contributed by atoms with Gasteiger partial charge in [-0.05, 0) is 30.9 Å². The van der Waals surface area contributed by atoms with Crippen LogP contribution < -0.4 is 10.6 Å². The molecule has 0 spiro atoms. The van der Waals surface area contributed by atoms with Crippen LogP contribution in [0.5, 0.6) is 0 Å². The van der Waals surface area contributed by atoms with Gasteiger partial charge in [-0.15, -0.1) is 0 Å². The molecule has 4 nitrogen and oxygen atoms in total. The van der Waals surface area contributed by atoms with E-state index in [1.54, 1.807) is 25.4 Å². The quantitative estimate of drug-likeness (QED) is 0.823. The van der Waals surface area contributed by atoms with Crippen LogP contribution in [0.2, 0.25) is 0 Å². The first-order chi connectivity index (χ1) is 9.20. The van der Waals surface area contributed by atoms with Gasteiger partial charge in [0, 0.05) is 24.8 Å². The standard InChI is InChI=1S/C15H23N3O/c1-11-6-4-3-5-7-13(11)18-15(19)12-8-9-17-14(10-12)16-2/h8-11,13H,3-7H2,1-2H3,(H,16,17)(H,18,19). The zero-order valence-electron chi connectivity index (χ0n) is 11.8. The largest absolute Gasteiger partial charge is 0.373 e. The van der Waals surface area contributed by atoms with E-state index in [1.807, 2.05) is 0 Å². The molecule has 1 aliphatic rings. The molecule has 4 heteroatoms. The van der Waals surface area contributed by atoms with E-state index in [4.69, 9.17) is 0 Å². The van der Waals surface area contributed by atoms with E-state index in [2.05, 4.69) is 22.5 Å². The second-order valence-corrected chi connectivity index (χ2v) is 5.38. The molecular weight excluding hydrogens is 238 g/mol. The van der Waals surface area contributed by atoms with Crippen LogP contribution in [0.25, 0.3) is 0 Å². The van der Waals surface area contributed by atoms with Crippen molar-refractivity contribution in [2.75, 3.05) is 12.4 Å². The van der Waals surface area contributed by atoms with Gasteiger partial charge in [-0.1, -0.05) is 26.2 Å². The van der Waals surface area contributed by atoms with Gasteiger partial charge >= 0.3 is 0 Å². The summed E-state index contributed by atoms with van der Waals surface area (Å²) in [5.41, 5.74) is 0.677. The van der Waals surface area contributed by atoms with Crippen molar-refractivity contribution in [2.45, 2.75) is 45.1 Å².